The summed E-state index contributed by atoms with van der Waals surface area (Å²) in [4.78, 5) is 0. The molecule has 1 heteroatoms. The average molecular weight is 744 g/mol. The fourth-order valence-electron chi connectivity index (χ4n) is 9.97. The number of benzene rings is 7. The molecule has 2 N–H and O–H groups in total. The van der Waals surface area contributed by atoms with Crippen molar-refractivity contribution >= 4 is 16.8 Å². The fourth-order valence-corrected chi connectivity index (χ4v) is 9.97. The molecule has 0 aliphatic heterocycles. The molecule has 278 valence electrons. The van der Waals surface area contributed by atoms with Crippen LogP contribution in [0.15, 0.2) is 206 Å². The number of nitrogens with two attached hydrogens (primary N) is 1. The number of hydrogen-bond acceptors (Lipinski definition) is 1. The minimum absolute atomic E-state index is 0.366. The van der Waals surface area contributed by atoms with Gasteiger partial charge >= 0.3 is 0 Å². The highest BCUT2D eigenvalue weighted by atomic mass is 14.6. The summed E-state index contributed by atoms with van der Waals surface area (Å²) in [7, 11) is 0. The minimum Gasteiger partial charge on any atom is -0.398 e. The first kappa shape index (κ1) is 35.5. The van der Waals surface area contributed by atoms with E-state index in [4.69, 9.17) is 5.73 Å². The summed E-state index contributed by atoms with van der Waals surface area (Å²) in [6.07, 6.45) is 16.0. The van der Waals surface area contributed by atoms with Crippen LogP contribution in [0.1, 0.15) is 58.7 Å². The number of hydrogen-bond donors (Lipinski definition) is 1. The maximum absolute atomic E-state index is 6.94. The summed E-state index contributed by atoms with van der Waals surface area (Å²) < 4.78 is 0. The lowest BCUT2D eigenvalue weighted by atomic mass is 9.69. The molecule has 0 fully saturated rings. The lowest BCUT2D eigenvalue weighted by Crippen LogP contribution is -2.26. The van der Waals surface area contributed by atoms with Gasteiger partial charge in [0.05, 0.1) is 5.41 Å². The standard InChI is InChI=1S/C57H45N/c1-3-5-17-39(4-2)43-35-44(40-18-7-6-8-19-40)37-45(36-43)41-30-28-38(29-31-41)34-42-32-33-53-56(55(42)49-23-12-16-27-54(49)58)48-22-11-15-26-52(48)57(53)50-24-13-9-20-46(50)47-21-10-14-25-51(47)57/h3-10,12-14,16-33,35-37H,1,11,15,34,58H2,2H3/b17-5-,39-4+. The van der Waals surface area contributed by atoms with E-state index >= 15 is 0 Å². The Morgan fingerprint density at radius 3 is 1.90 bits per heavy atom. The van der Waals surface area contributed by atoms with Crippen molar-refractivity contribution in [3.05, 3.63) is 245 Å². The number of para-hydroxylation sites is 1. The predicted molar refractivity (Wildman–Crippen MR) is 246 cm³/mol. The molecule has 0 heterocycles. The zero-order valence-corrected chi connectivity index (χ0v) is 32.9. The van der Waals surface area contributed by atoms with Gasteiger partial charge in [0.2, 0.25) is 0 Å². The third kappa shape index (κ3) is 5.61. The highest BCUT2D eigenvalue weighted by Crippen LogP contribution is 2.66. The quantitative estimate of drug-likeness (QED) is 0.122. The van der Waals surface area contributed by atoms with Gasteiger partial charge in [0.25, 0.3) is 0 Å². The van der Waals surface area contributed by atoms with Crippen LogP contribution in [0.2, 0.25) is 0 Å². The molecule has 0 amide bonds. The molecule has 0 atom stereocenters. The molecule has 58 heavy (non-hydrogen) atoms. The van der Waals surface area contributed by atoms with Crippen LogP contribution in [-0.4, -0.2) is 0 Å². The summed E-state index contributed by atoms with van der Waals surface area (Å²) in [5, 5.41) is 0. The van der Waals surface area contributed by atoms with Crippen molar-refractivity contribution in [3.8, 4) is 44.5 Å². The van der Waals surface area contributed by atoms with Gasteiger partial charge in [0.1, 0.15) is 0 Å². The zero-order valence-electron chi connectivity index (χ0n) is 32.9. The van der Waals surface area contributed by atoms with E-state index in [0.29, 0.717) is 0 Å². The number of anilines is 1. The first-order valence-corrected chi connectivity index (χ1v) is 20.5. The number of nitrogen functional groups attached to an aromatic ring is 1. The number of fused-ring (bicyclic) bond motifs is 10. The van der Waals surface area contributed by atoms with Gasteiger partial charge in [-0.2, -0.15) is 0 Å². The smallest absolute Gasteiger partial charge is 0.0722 e. The van der Waals surface area contributed by atoms with Crippen molar-refractivity contribution in [2.75, 3.05) is 5.73 Å². The largest absolute Gasteiger partial charge is 0.398 e. The molecular formula is C57H45N. The highest BCUT2D eigenvalue weighted by molar-refractivity contribution is 6.05. The lowest BCUT2D eigenvalue weighted by molar-refractivity contribution is 0.782. The van der Waals surface area contributed by atoms with E-state index in [2.05, 4.69) is 183 Å². The van der Waals surface area contributed by atoms with Crippen LogP contribution >= 0.6 is 0 Å². The van der Waals surface area contributed by atoms with Crippen LogP contribution in [0.25, 0.3) is 55.7 Å². The third-order valence-corrected chi connectivity index (χ3v) is 12.5. The summed E-state index contributed by atoms with van der Waals surface area (Å²) in [5.41, 5.74) is 30.3. The molecular weight excluding hydrogens is 699 g/mol. The molecule has 0 radical (unpaired) electrons. The van der Waals surface area contributed by atoms with E-state index in [0.717, 1.165) is 36.1 Å². The van der Waals surface area contributed by atoms with E-state index in [-0.39, 0.29) is 5.41 Å². The van der Waals surface area contributed by atoms with Crippen LogP contribution in [0.5, 0.6) is 0 Å². The molecule has 0 aromatic heterocycles. The second-order valence-corrected chi connectivity index (χ2v) is 15.6. The van der Waals surface area contributed by atoms with Gasteiger partial charge in [-0.1, -0.05) is 176 Å². The van der Waals surface area contributed by atoms with Crippen LogP contribution in [0.3, 0.4) is 0 Å². The van der Waals surface area contributed by atoms with Gasteiger partial charge in [-0.3, -0.25) is 0 Å². The predicted octanol–water partition coefficient (Wildman–Crippen LogP) is 14.4. The molecule has 7 aromatic carbocycles. The maximum atomic E-state index is 6.94. The van der Waals surface area contributed by atoms with Crippen molar-refractivity contribution in [2.24, 2.45) is 0 Å². The van der Waals surface area contributed by atoms with Crippen molar-refractivity contribution in [1.29, 1.82) is 0 Å². The molecule has 3 aliphatic rings. The second-order valence-electron chi connectivity index (χ2n) is 15.6. The Bertz CT molecular complexity index is 2830. The Balaban J connectivity index is 1.11. The zero-order chi connectivity index (χ0) is 39.2. The van der Waals surface area contributed by atoms with Gasteiger partial charge in [-0.25, -0.2) is 0 Å². The van der Waals surface area contributed by atoms with E-state index in [1.807, 2.05) is 24.3 Å². The fraction of sp³-hybridized carbons (Fsp3) is 0.0877. The normalized spacial score (nSPS) is 14.7. The Morgan fingerprint density at radius 1 is 0.603 bits per heavy atom. The van der Waals surface area contributed by atoms with Gasteiger partial charge in [0, 0.05) is 11.3 Å². The topological polar surface area (TPSA) is 26.0 Å². The summed E-state index contributed by atoms with van der Waals surface area (Å²) >= 11 is 0. The van der Waals surface area contributed by atoms with Crippen molar-refractivity contribution in [2.45, 2.75) is 31.6 Å². The molecule has 1 spiro atoms. The van der Waals surface area contributed by atoms with E-state index in [9.17, 15) is 0 Å². The number of rotatable bonds is 8. The number of allylic oxidation sites excluding steroid dienone is 9. The average Bonchev–Trinajstić information content (AvgIpc) is 3.75. The third-order valence-electron chi connectivity index (χ3n) is 12.5. The Morgan fingerprint density at radius 2 is 1.22 bits per heavy atom. The Labute approximate surface area is 342 Å². The molecule has 0 saturated carbocycles. The first-order chi connectivity index (χ1) is 28.6. The Hall–Kier alpha value is -6.96. The SMILES string of the molecule is C=C/C=C\C(=C/C)c1cc(-c2ccccc2)cc(-c2ccc(Cc3ccc4c(c3-c3ccccc3N)C3=CCCC=C3C43c4ccccc4-c4ccccc43)cc2)c1. The molecule has 1 nitrogen and oxygen atoms in total. The van der Waals surface area contributed by atoms with Crippen LogP contribution < -0.4 is 5.73 Å². The van der Waals surface area contributed by atoms with Crippen molar-refractivity contribution < 1.29 is 0 Å². The van der Waals surface area contributed by atoms with Gasteiger partial charge in [-0.15, -0.1) is 0 Å². The minimum atomic E-state index is -0.366. The van der Waals surface area contributed by atoms with Crippen LogP contribution in [0.4, 0.5) is 5.69 Å². The molecule has 3 aliphatic carbocycles. The highest BCUT2D eigenvalue weighted by Gasteiger charge is 2.54. The molecule has 10 rings (SSSR count). The van der Waals surface area contributed by atoms with Crippen molar-refractivity contribution in [1.82, 2.24) is 0 Å². The summed E-state index contributed by atoms with van der Waals surface area (Å²) in [6.45, 7) is 5.99. The van der Waals surface area contributed by atoms with Gasteiger partial charge < -0.3 is 5.73 Å². The van der Waals surface area contributed by atoms with Crippen LogP contribution in [0, 0.1) is 0 Å². The first-order valence-electron chi connectivity index (χ1n) is 20.5. The van der Waals surface area contributed by atoms with Crippen LogP contribution in [-0.2, 0) is 11.8 Å². The van der Waals surface area contributed by atoms with Crippen molar-refractivity contribution in [3.63, 3.8) is 0 Å². The summed E-state index contributed by atoms with van der Waals surface area (Å²) in [6, 6.07) is 58.1. The van der Waals surface area contributed by atoms with Gasteiger partial charge in [0.15, 0.2) is 0 Å². The molecule has 0 unspecified atom stereocenters. The van der Waals surface area contributed by atoms with Gasteiger partial charge in [-0.05, 0) is 145 Å². The maximum Gasteiger partial charge on any atom is 0.0722 e. The monoisotopic (exact) mass is 743 g/mol. The van der Waals surface area contributed by atoms with E-state index in [1.165, 1.54) is 89.0 Å². The molecule has 0 saturated heterocycles. The summed E-state index contributed by atoms with van der Waals surface area (Å²) in [5.74, 6) is 0. The van der Waals surface area contributed by atoms with E-state index in [1.54, 1.807) is 0 Å². The lowest BCUT2D eigenvalue weighted by Gasteiger charge is -2.31. The molecule has 0 bridgehead atoms. The Kier molecular flexibility index (Phi) is 8.88. The van der Waals surface area contributed by atoms with E-state index < -0.39 is 0 Å². The second kappa shape index (κ2) is 14.5. The molecule has 7 aromatic rings.